The third-order valence-corrected chi connectivity index (χ3v) is 30.2. The molecule has 0 amide bonds. The predicted octanol–water partition coefficient (Wildman–Crippen LogP) is 15.3. The number of benzene rings is 5. The van der Waals surface area contributed by atoms with Crippen LogP contribution in [0, 0.1) is 6.92 Å². The number of pyridine rings is 5. The van der Waals surface area contributed by atoms with Crippen molar-refractivity contribution in [2.24, 2.45) is 14.1 Å². The molecule has 4 unspecified atom stereocenters. The van der Waals surface area contributed by atoms with Crippen molar-refractivity contribution in [1.29, 1.82) is 0 Å². The second-order valence-corrected chi connectivity index (χ2v) is 40.5. The Morgan fingerprint density at radius 2 is 1.12 bits per heavy atom. The SMILES string of the molecule is CC1=C(c2cc3cnc(Nc4ccc(N(C)C5CCCNC5)cc4)nc3n(Cc3nccnc3S(=O)c3ccccc3)c2=O)CCC1.CN1CCC(Oc2ccc(Nc3ncc4cc(Nc5cccnc5)c(=O)n(Cc5ncn(C)c5S(=O)CC(F)(F)F)c4n3)cc2)CC1.Cc1ccccc1-c1cc2cnc(Nc3ccc(OC4CCCN(C)C4)cc3)nc2n(Cc2nn(C)cc2S(=O)(=O)c2ccncc2)c1=O. The number of nitrogens with zero attached hydrogens (tertiary/aromatic N) is 20. The number of sulfone groups is 1. The van der Waals surface area contributed by atoms with Gasteiger partial charge in [0.2, 0.25) is 27.7 Å². The van der Waals surface area contributed by atoms with Gasteiger partial charge in [-0.3, -0.25) is 51.9 Å². The zero-order valence-electron chi connectivity index (χ0n) is 79.7. The molecule has 16 aromatic rings. The summed E-state index contributed by atoms with van der Waals surface area (Å²) in [5.74, 6) is 0.828. The minimum Gasteiger partial charge on any atom is -0.490 e. The van der Waals surface area contributed by atoms with Crippen LogP contribution in [0.3, 0.4) is 0 Å². The molecule has 3 aliphatic heterocycles. The average Bonchev–Trinajstić information content (AvgIpc) is 1.71. The number of piperidine rings is 3. The van der Waals surface area contributed by atoms with Crippen LogP contribution in [0.2, 0.25) is 0 Å². The number of likely N-dealkylation sites (N-methyl/N-ethyl adjacent to an activating group) is 2. The highest BCUT2D eigenvalue weighted by Gasteiger charge is 2.35. The first-order chi connectivity index (χ1) is 69.1. The largest absolute Gasteiger partial charge is 0.490 e. The molecule has 34 nitrogen and oxygen atoms in total. The van der Waals surface area contributed by atoms with Crippen LogP contribution >= 0.6 is 0 Å². The molecule has 14 heterocycles. The minimum atomic E-state index is -4.66. The average molecular weight is 1990 g/mol. The van der Waals surface area contributed by atoms with E-state index in [1.54, 1.807) is 79.0 Å². The molecule has 40 heteroatoms. The number of nitrogens with one attached hydrogen (secondary N) is 5. The van der Waals surface area contributed by atoms with Crippen molar-refractivity contribution in [3.8, 4) is 22.6 Å². The summed E-state index contributed by atoms with van der Waals surface area (Å²) in [6.07, 6.45) is 21.7. The zero-order chi connectivity index (χ0) is 99.6. The number of likely N-dealkylation sites (tertiary alicyclic amines) is 2. The van der Waals surface area contributed by atoms with Gasteiger partial charge in [-0.15, -0.1) is 0 Å². The highest BCUT2D eigenvalue weighted by atomic mass is 32.2. The standard InChI is InChI=1S/C36H36N8O4S.C36H38N8O2S.C31H32F3N9O3S/c1-24-7-4-5-9-30(24)31-19-25-20-38-36(39-26-10-12-27(13-11-26)48-28-8-6-18-42(2)21-28)40-34(25)44(35(31)45)22-32-33(23-43(3)41-32)49(46,47)29-14-16-37-17-15-29;1-24-8-6-12-30(24)31-20-25-21-40-36(41-26-13-15-27(16-14-26)43(2)28-9-7-17-37-22-28)42-33(25)44(35(31)45)23-32-34(39-19-18-38-32)47(46)29-10-4-3-5-11-29;1-41-12-9-24(10-13-41)46-23-7-5-21(6-8-23)39-30-36-15-20-14-25(38-22-4-3-11-35-16-22)28(44)43(27(20)40-30)17-26-29(42(2)19-37-26)47(45)18-31(32,33)34/h4-5,7,9-17,19-20,23,28H,6,8,18,21-22H2,1-3H3,(H,38,39,40);3-5,10-11,13-16,18-21,28,37H,6-9,12,17,22-23H2,1-2H3,(H,40,41,42);3-8,11,14-16,19,24,38H,9-10,12-13,17-18H2,1-2H3,(H,36,39,40). The molecule has 0 spiro atoms. The van der Waals surface area contributed by atoms with Crippen molar-refractivity contribution in [3.63, 3.8) is 0 Å². The van der Waals surface area contributed by atoms with Crippen molar-refractivity contribution < 1.29 is 39.5 Å². The van der Waals surface area contributed by atoms with Crippen LogP contribution in [0.1, 0.15) is 92.9 Å². The van der Waals surface area contributed by atoms with E-state index in [0.717, 1.165) is 135 Å². The van der Waals surface area contributed by atoms with E-state index >= 15 is 0 Å². The summed E-state index contributed by atoms with van der Waals surface area (Å²) in [5.41, 5.74) is 9.89. The Balaban J connectivity index is 0.000000141. The van der Waals surface area contributed by atoms with E-state index < -0.39 is 48.9 Å². The van der Waals surface area contributed by atoms with Crippen LogP contribution in [0.5, 0.6) is 11.5 Å². The smallest absolute Gasteiger partial charge is 0.400 e. The third kappa shape index (κ3) is 23.3. The Morgan fingerprint density at radius 3 is 1.72 bits per heavy atom. The summed E-state index contributed by atoms with van der Waals surface area (Å²) in [6, 6.07) is 52.1. The number of aryl methyl sites for hydroxylation is 3. The number of hydrogen-bond acceptors (Lipinski definition) is 29. The van der Waals surface area contributed by atoms with Gasteiger partial charge in [-0.1, -0.05) is 48.0 Å². The molecular weight excluding hydrogens is 1880 g/mol. The van der Waals surface area contributed by atoms with Gasteiger partial charge < -0.3 is 55.3 Å². The van der Waals surface area contributed by atoms with Crippen LogP contribution < -0.4 is 57.6 Å². The lowest BCUT2D eigenvalue weighted by molar-refractivity contribution is -0.105. The van der Waals surface area contributed by atoms with Crippen molar-refractivity contribution in [2.45, 2.75) is 140 Å². The zero-order valence-corrected chi connectivity index (χ0v) is 82.1. The fourth-order valence-corrected chi connectivity index (χ4v) is 21.8. The van der Waals surface area contributed by atoms with E-state index in [-0.39, 0.29) is 92.4 Å². The van der Waals surface area contributed by atoms with Crippen LogP contribution in [-0.4, -0.2) is 200 Å². The highest BCUT2D eigenvalue weighted by Crippen LogP contribution is 2.37. The van der Waals surface area contributed by atoms with Gasteiger partial charge in [-0.05, 0) is 243 Å². The number of halogens is 3. The van der Waals surface area contributed by atoms with Crippen molar-refractivity contribution in [3.05, 3.63) is 303 Å². The number of hydrogen-bond donors (Lipinski definition) is 5. The molecule has 5 aromatic carbocycles. The molecule has 0 radical (unpaired) electrons. The molecule has 4 aliphatic rings. The van der Waals surface area contributed by atoms with Gasteiger partial charge in [0.1, 0.15) is 78.5 Å². The first-order valence-electron chi connectivity index (χ1n) is 46.9. The van der Waals surface area contributed by atoms with Crippen molar-refractivity contribution in [2.75, 3.05) is 92.3 Å². The fourth-order valence-electron chi connectivity index (χ4n) is 18.1. The third-order valence-electron chi connectivity index (χ3n) is 25.5. The van der Waals surface area contributed by atoms with E-state index in [9.17, 15) is 44.4 Å². The first kappa shape index (κ1) is 98.2. The van der Waals surface area contributed by atoms with Gasteiger partial charge in [0.15, 0.2) is 5.03 Å². The fraction of sp³-hybridized carbons (Fsp3) is 0.291. The van der Waals surface area contributed by atoms with Crippen LogP contribution in [0.4, 0.5) is 65.1 Å². The maximum Gasteiger partial charge on any atom is 0.400 e. The van der Waals surface area contributed by atoms with E-state index in [2.05, 4.69) is 131 Å². The lowest BCUT2D eigenvalue weighted by Crippen LogP contribution is -2.44. The number of imidazole rings is 1. The summed E-state index contributed by atoms with van der Waals surface area (Å²) in [4.78, 5) is 99.2. The number of aromatic nitrogens is 17. The summed E-state index contributed by atoms with van der Waals surface area (Å²) in [6.45, 7) is 9.69. The summed E-state index contributed by atoms with van der Waals surface area (Å²) < 4.78 is 113. The van der Waals surface area contributed by atoms with Crippen molar-refractivity contribution >= 4 is 122 Å². The molecule has 0 bridgehead atoms. The Labute approximate surface area is 826 Å². The highest BCUT2D eigenvalue weighted by molar-refractivity contribution is 7.91. The quantitative estimate of drug-likeness (QED) is 0.0304. The van der Waals surface area contributed by atoms with E-state index in [1.165, 1.54) is 93.3 Å². The van der Waals surface area contributed by atoms with Crippen molar-refractivity contribution in [1.82, 2.24) is 98.0 Å². The van der Waals surface area contributed by atoms with E-state index in [0.29, 0.717) is 72.2 Å². The number of anilines is 9. The number of fused-ring (bicyclic) bond motifs is 3. The van der Waals surface area contributed by atoms with Gasteiger partial charge in [-0.25, -0.2) is 37.5 Å². The maximum absolute atomic E-state index is 14.3. The van der Waals surface area contributed by atoms with Gasteiger partial charge in [0.05, 0.1) is 64.9 Å². The van der Waals surface area contributed by atoms with Crippen LogP contribution in [0.15, 0.2) is 283 Å². The summed E-state index contributed by atoms with van der Waals surface area (Å²) in [5, 5.41) is 22.7. The Morgan fingerprint density at radius 1 is 0.531 bits per heavy atom. The van der Waals surface area contributed by atoms with Gasteiger partial charge in [0.25, 0.3) is 16.7 Å². The maximum atomic E-state index is 14.3. The Hall–Kier alpha value is -15.0. The van der Waals surface area contributed by atoms with Crippen LogP contribution in [0.25, 0.3) is 49.8 Å². The van der Waals surface area contributed by atoms with Crippen LogP contribution in [-0.2, 0) is 65.2 Å². The number of rotatable bonds is 28. The second kappa shape index (κ2) is 43.6. The second-order valence-electron chi connectivity index (χ2n) is 35.8. The molecular formula is C103H106F3N25O9S3. The molecule has 1 aliphatic carbocycles. The van der Waals surface area contributed by atoms with E-state index in [4.69, 9.17) is 19.4 Å². The van der Waals surface area contributed by atoms with Gasteiger partial charge in [0, 0.05) is 164 Å². The number of ether oxygens (including phenoxy) is 2. The molecule has 4 atom stereocenters. The Bertz CT molecular complexity index is 7700. The summed E-state index contributed by atoms with van der Waals surface area (Å²) in [7, 11) is 1.45. The van der Waals surface area contributed by atoms with E-state index in [1.807, 2.05) is 116 Å². The summed E-state index contributed by atoms with van der Waals surface area (Å²) >= 11 is 0. The minimum absolute atomic E-state index is 0.00266. The molecule has 736 valence electrons. The normalized spacial score (nSPS) is 15.9. The van der Waals surface area contributed by atoms with Gasteiger partial charge in [-0.2, -0.15) is 33.2 Å². The predicted molar refractivity (Wildman–Crippen MR) is 545 cm³/mol. The number of alkyl halides is 3. The molecule has 20 rings (SSSR count). The van der Waals surface area contributed by atoms with Gasteiger partial charge >= 0.3 is 6.18 Å². The molecule has 0 saturated carbocycles. The molecule has 3 saturated heterocycles. The molecule has 11 aromatic heterocycles. The Kier molecular flexibility index (Phi) is 30.0. The monoisotopic (exact) mass is 1990 g/mol. The molecule has 3 fully saturated rings. The molecule has 143 heavy (non-hydrogen) atoms. The first-order valence-corrected chi connectivity index (χ1v) is 50.9. The lowest BCUT2D eigenvalue weighted by atomic mass is 10.0. The number of allylic oxidation sites excluding steroid dienone is 2. The topological polar surface area (TPSA) is 387 Å². The lowest BCUT2D eigenvalue weighted by Gasteiger charge is -2.33. The molecule has 5 N–H and O–H groups in total.